The van der Waals surface area contributed by atoms with Crippen molar-refractivity contribution in [3.05, 3.63) is 106 Å². The molecule has 0 saturated carbocycles. The minimum absolute atomic E-state index is 0.114. The SMILES string of the molecule is CCOC(=O)c1nn(-c2ccc3occc3c2)c2c1CCN(c1ccc(-n3cc(F)ccc3=O)cc1)C2=O. The van der Waals surface area contributed by atoms with Gasteiger partial charge in [-0.05, 0) is 67.9 Å². The number of hydrogen-bond acceptors (Lipinski definition) is 6. The molecule has 0 fully saturated rings. The summed E-state index contributed by atoms with van der Waals surface area (Å²) in [6.45, 7) is 2.20. The molecule has 5 aromatic rings. The molecule has 0 atom stereocenters. The van der Waals surface area contributed by atoms with Gasteiger partial charge in [-0.3, -0.25) is 14.2 Å². The molecular formula is C28H21FN4O5. The van der Waals surface area contributed by atoms with E-state index in [1.54, 1.807) is 60.6 Å². The second kappa shape index (κ2) is 9.15. The molecule has 0 spiro atoms. The van der Waals surface area contributed by atoms with E-state index in [1.807, 2.05) is 6.07 Å². The second-order valence-corrected chi connectivity index (χ2v) is 8.73. The molecule has 190 valence electrons. The number of nitrogens with zero attached hydrogens (tertiary/aromatic N) is 4. The van der Waals surface area contributed by atoms with Crippen LogP contribution in [0.15, 0.2) is 82.3 Å². The second-order valence-electron chi connectivity index (χ2n) is 8.73. The van der Waals surface area contributed by atoms with Crippen LogP contribution >= 0.6 is 0 Å². The third kappa shape index (κ3) is 3.86. The standard InChI is InChI=1S/C28H21FN4O5/c1-2-37-28(36)25-22-11-13-31(19-4-6-20(7-5-19)32-16-18(29)3-10-24(32)34)27(35)26(22)33(30-25)21-8-9-23-17(15-21)12-14-38-23/h3-10,12,14-16H,2,11,13H2,1H3. The van der Waals surface area contributed by atoms with E-state index in [-0.39, 0.29) is 29.5 Å². The molecule has 0 radical (unpaired) electrons. The molecule has 0 N–H and O–H groups in total. The highest BCUT2D eigenvalue weighted by Gasteiger charge is 2.35. The van der Waals surface area contributed by atoms with E-state index in [1.165, 1.54) is 9.25 Å². The highest BCUT2D eigenvalue weighted by Crippen LogP contribution is 2.30. The third-order valence-electron chi connectivity index (χ3n) is 6.48. The third-order valence-corrected chi connectivity index (χ3v) is 6.48. The fourth-order valence-corrected chi connectivity index (χ4v) is 4.70. The molecule has 4 heterocycles. The Kier molecular flexibility index (Phi) is 5.64. The molecule has 1 amide bonds. The summed E-state index contributed by atoms with van der Waals surface area (Å²) in [6, 6.07) is 16.1. The molecule has 0 unspecified atom stereocenters. The lowest BCUT2D eigenvalue weighted by molar-refractivity contribution is 0.0517. The van der Waals surface area contributed by atoms with Crippen molar-refractivity contribution in [3.63, 3.8) is 0 Å². The van der Waals surface area contributed by atoms with Crippen LogP contribution in [0, 0.1) is 5.82 Å². The van der Waals surface area contributed by atoms with E-state index in [0.717, 1.165) is 23.7 Å². The number of carbonyl (C=O) groups excluding carboxylic acids is 2. The zero-order valence-corrected chi connectivity index (χ0v) is 20.3. The van der Waals surface area contributed by atoms with Crippen molar-refractivity contribution in [1.29, 1.82) is 0 Å². The van der Waals surface area contributed by atoms with Crippen LogP contribution in [0.1, 0.15) is 33.5 Å². The summed E-state index contributed by atoms with van der Waals surface area (Å²) in [5.74, 6) is -1.46. The molecule has 0 saturated heterocycles. The first-order valence-electron chi connectivity index (χ1n) is 12.0. The number of furan rings is 1. The lowest BCUT2D eigenvalue weighted by Gasteiger charge is -2.28. The number of halogens is 1. The molecule has 2 aromatic carbocycles. The van der Waals surface area contributed by atoms with Gasteiger partial charge in [-0.2, -0.15) is 5.10 Å². The van der Waals surface area contributed by atoms with Crippen LogP contribution in [0.25, 0.3) is 22.3 Å². The van der Waals surface area contributed by atoms with Gasteiger partial charge in [0, 0.05) is 41.1 Å². The lowest BCUT2D eigenvalue weighted by Crippen LogP contribution is -2.39. The average molecular weight is 512 g/mol. The number of carbonyl (C=O) groups is 2. The number of amides is 1. The predicted octanol–water partition coefficient (Wildman–Crippen LogP) is 4.29. The number of fused-ring (bicyclic) bond motifs is 2. The van der Waals surface area contributed by atoms with Crippen molar-refractivity contribution in [1.82, 2.24) is 14.3 Å². The first-order chi connectivity index (χ1) is 18.4. The van der Waals surface area contributed by atoms with Crippen LogP contribution in [-0.2, 0) is 11.2 Å². The minimum atomic E-state index is -0.585. The number of pyridine rings is 1. The van der Waals surface area contributed by atoms with Crippen LogP contribution < -0.4 is 10.5 Å². The number of esters is 1. The molecule has 38 heavy (non-hydrogen) atoms. The smallest absolute Gasteiger partial charge is 0.359 e. The van der Waals surface area contributed by atoms with Crippen molar-refractivity contribution >= 4 is 28.5 Å². The van der Waals surface area contributed by atoms with E-state index in [2.05, 4.69) is 5.10 Å². The Labute approximate surface area is 215 Å². The maximum atomic E-state index is 13.9. The summed E-state index contributed by atoms with van der Waals surface area (Å²) in [5.41, 5.74) is 2.88. The zero-order chi connectivity index (χ0) is 26.4. The number of anilines is 1. The number of rotatable bonds is 5. The van der Waals surface area contributed by atoms with Crippen LogP contribution in [0.2, 0.25) is 0 Å². The van der Waals surface area contributed by atoms with E-state index in [4.69, 9.17) is 9.15 Å². The molecule has 0 aliphatic carbocycles. The summed E-state index contributed by atoms with van der Waals surface area (Å²) in [6.07, 6.45) is 3.07. The molecule has 6 rings (SSSR count). The Morgan fingerprint density at radius 3 is 2.58 bits per heavy atom. The zero-order valence-electron chi connectivity index (χ0n) is 20.3. The van der Waals surface area contributed by atoms with E-state index < -0.39 is 11.8 Å². The van der Waals surface area contributed by atoms with Crippen molar-refractivity contribution in [3.8, 4) is 11.4 Å². The summed E-state index contributed by atoms with van der Waals surface area (Å²) in [7, 11) is 0. The number of hydrogen-bond donors (Lipinski definition) is 0. The van der Waals surface area contributed by atoms with E-state index in [9.17, 15) is 18.8 Å². The van der Waals surface area contributed by atoms with Gasteiger partial charge >= 0.3 is 5.97 Å². The Hall–Kier alpha value is -4.99. The quantitative estimate of drug-likeness (QED) is 0.326. The van der Waals surface area contributed by atoms with Crippen molar-refractivity contribution in [2.24, 2.45) is 0 Å². The maximum Gasteiger partial charge on any atom is 0.359 e. The number of ether oxygens (including phenoxy) is 1. The summed E-state index contributed by atoms with van der Waals surface area (Å²) < 4.78 is 27.0. The van der Waals surface area contributed by atoms with Crippen LogP contribution in [0.5, 0.6) is 0 Å². The van der Waals surface area contributed by atoms with Gasteiger partial charge < -0.3 is 14.1 Å². The minimum Gasteiger partial charge on any atom is -0.464 e. The Bertz CT molecular complexity index is 1770. The van der Waals surface area contributed by atoms with Gasteiger partial charge in [0.1, 0.15) is 17.1 Å². The van der Waals surface area contributed by atoms with Crippen LogP contribution in [0.4, 0.5) is 10.1 Å². The first-order valence-corrected chi connectivity index (χ1v) is 12.0. The molecular weight excluding hydrogens is 491 g/mol. The van der Waals surface area contributed by atoms with Gasteiger partial charge in [-0.15, -0.1) is 0 Å². The molecule has 10 heteroatoms. The van der Waals surface area contributed by atoms with Gasteiger partial charge in [-0.1, -0.05) is 0 Å². The normalized spacial score (nSPS) is 13.1. The molecule has 9 nitrogen and oxygen atoms in total. The average Bonchev–Trinajstić information content (AvgIpc) is 3.55. The van der Waals surface area contributed by atoms with Gasteiger partial charge in [0.25, 0.3) is 11.5 Å². The monoisotopic (exact) mass is 512 g/mol. The number of benzene rings is 2. The van der Waals surface area contributed by atoms with Crippen molar-refractivity contribution in [2.45, 2.75) is 13.3 Å². The lowest BCUT2D eigenvalue weighted by atomic mass is 10.0. The summed E-state index contributed by atoms with van der Waals surface area (Å²) in [4.78, 5) is 40.3. The number of aromatic nitrogens is 3. The Balaban J connectivity index is 1.41. The largest absolute Gasteiger partial charge is 0.464 e. The Morgan fingerprint density at radius 2 is 1.79 bits per heavy atom. The van der Waals surface area contributed by atoms with Gasteiger partial charge in [-0.25, -0.2) is 13.9 Å². The van der Waals surface area contributed by atoms with Crippen LogP contribution in [-0.4, -0.2) is 39.4 Å². The van der Waals surface area contributed by atoms with Crippen molar-refractivity contribution < 1.29 is 23.1 Å². The van der Waals surface area contributed by atoms with Crippen LogP contribution in [0.3, 0.4) is 0 Å². The topological polar surface area (TPSA) is 99.6 Å². The molecule has 1 aliphatic heterocycles. The van der Waals surface area contributed by atoms with Gasteiger partial charge in [0.2, 0.25) is 0 Å². The fraction of sp³-hybridized carbons (Fsp3) is 0.143. The first kappa shape index (κ1) is 23.4. The predicted molar refractivity (Wildman–Crippen MR) is 137 cm³/mol. The Morgan fingerprint density at radius 1 is 1.03 bits per heavy atom. The fourth-order valence-electron chi connectivity index (χ4n) is 4.70. The van der Waals surface area contributed by atoms with Gasteiger partial charge in [0.05, 0.1) is 18.6 Å². The molecule has 0 bridgehead atoms. The van der Waals surface area contributed by atoms with Crippen molar-refractivity contribution in [2.75, 3.05) is 18.1 Å². The maximum absolute atomic E-state index is 13.9. The van der Waals surface area contributed by atoms with E-state index in [0.29, 0.717) is 41.2 Å². The summed E-state index contributed by atoms with van der Waals surface area (Å²) in [5, 5.41) is 5.34. The highest BCUT2D eigenvalue weighted by atomic mass is 19.1. The summed E-state index contributed by atoms with van der Waals surface area (Å²) >= 11 is 0. The van der Waals surface area contributed by atoms with E-state index >= 15 is 0 Å². The van der Waals surface area contributed by atoms with Gasteiger partial charge in [0.15, 0.2) is 5.69 Å². The molecule has 3 aromatic heterocycles. The molecule has 1 aliphatic rings. The highest BCUT2D eigenvalue weighted by molar-refractivity contribution is 6.09.